The molecule has 0 radical (unpaired) electrons. The van der Waals surface area contributed by atoms with E-state index in [1.54, 1.807) is 6.08 Å². The Morgan fingerprint density at radius 2 is 1.81 bits per heavy atom. The van der Waals surface area contributed by atoms with Gasteiger partial charge in [0.25, 0.3) is 0 Å². The summed E-state index contributed by atoms with van der Waals surface area (Å²) in [7, 11) is 0. The Hall–Kier alpha value is -1.36. The molecule has 1 aliphatic heterocycles. The van der Waals surface area contributed by atoms with E-state index in [0.717, 1.165) is 44.1 Å². The second-order valence-corrected chi connectivity index (χ2v) is 8.92. The number of rotatable bonds is 3. The third-order valence-corrected chi connectivity index (χ3v) is 5.82. The lowest BCUT2D eigenvalue weighted by atomic mass is 9.72. The second kappa shape index (κ2) is 9.03. The minimum Gasteiger partial charge on any atom is -0.360 e. The molecule has 1 saturated heterocycles. The van der Waals surface area contributed by atoms with Crippen LogP contribution in [0.4, 0.5) is 0 Å². The highest BCUT2D eigenvalue weighted by Gasteiger charge is 2.27. The van der Waals surface area contributed by atoms with Gasteiger partial charge in [-0.25, -0.2) is 0 Å². The van der Waals surface area contributed by atoms with E-state index >= 15 is 0 Å². The maximum Gasteiger partial charge on any atom is 0.246 e. The molecule has 1 amide bonds. The maximum atomic E-state index is 12.7. The second-order valence-electron chi connectivity index (χ2n) is 8.53. The van der Waals surface area contributed by atoms with E-state index in [4.69, 9.17) is 12.2 Å². The fourth-order valence-corrected chi connectivity index (χ4v) is 4.37. The lowest BCUT2D eigenvalue weighted by Crippen LogP contribution is -2.44. The highest BCUT2D eigenvalue weighted by atomic mass is 32.1. The van der Waals surface area contributed by atoms with E-state index in [1.165, 1.54) is 24.0 Å². The van der Waals surface area contributed by atoms with Crippen molar-refractivity contribution in [3.63, 3.8) is 0 Å². The predicted molar refractivity (Wildman–Crippen MR) is 113 cm³/mol. The van der Waals surface area contributed by atoms with Crippen LogP contribution < -0.4 is 5.32 Å². The van der Waals surface area contributed by atoms with Crippen molar-refractivity contribution in [2.75, 3.05) is 26.2 Å². The largest absolute Gasteiger partial charge is 0.360 e. The zero-order chi connectivity index (χ0) is 19.3. The normalized spacial score (nSPS) is 21.3. The van der Waals surface area contributed by atoms with Crippen LogP contribution in [-0.4, -0.2) is 53.0 Å². The van der Waals surface area contributed by atoms with Crippen LogP contribution in [0.25, 0.3) is 0 Å². The summed E-state index contributed by atoms with van der Waals surface area (Å²) in [5.41, 5.74) is 2.94. The third-order valence-electron chi connectivity index (χ3n) is 5.44. The fraction of sp³-hybridized carbons (Fsp3) is 0.714. The lowest BCUT2D eigenvalue weighted by Gasteiger charge is -2.33. The SMILES string of the molecule is CC1=C(/C=C/C(=O)N2CCCN(C(=S)NC(C)C)CC2)C(C)(C)CCC1. The van der Waals surface area contributed by atoms with Crippen LogP contribution in [0.5, 0.6) is 0 Å². The highest BCUT2D eigenvalue weighted by molar-refractivity contribution is 7.80. The molecule has 0 spiro atoms. The Bertz CT molecular complexity index is 592. The molecule has 1 aliphatic carbocycles. The minimum absolute atomic E-state index is 0.122. The lowest BCUT2D eigenvalue weighted by molar-refractivity contribution is -0.125. The van der Waals surface area contributed by atoms with Gasteiger partial charge >= 0.3 is 0 Å². The highest BCUT2D eigenvalue weighted by Crippen LogP contribution is 2.40. The smallest absolute Gasteiger partial charge is 0.246 e. The number of amides is 1. The Labute approximate surface area is 164 Å². The van der Waals surface area contributed by atoms with Crippen molar-refractivity contribution in [3.05, 3.63) is 23.3 Å². The van der Waals surface area contributed by atoms with Crippen LogP contribution in [0.15, 0.2) is 23.3 Å². The molecule has 5 heteroatoms. The Balaban J connectivity index is 1.97. The molecule has 0 saturated carbocycles. The summed E-state index contributed by atoms with van der Waals surface area (Å²) in [6.07, 6.45) is 8.40. The van der Waals surface area contributed by atoms with E-state index in [0.29, 0.717) is 6.04 Å². The number of nitrogens with zero attached hydrogens (tertiary/aromatic N) is 2. The molecule has 2 rings (SSSR count). The van der Waals surface area contributed by atoms with Gasteiger partial charge in [-0.3, -0.25) is 4.79 Å². The van der Waals surface area contributed by atoms with Crippen molar-refractivity contribution in [2.24, 2.45) is 5.41 Å². The zero-order valence-electron chi connectivity index (χ0n) is 17.1. The molecule has 0 aromatic rings. The van der Waals surface area contributed by atoms with Gasteiger partial charge in [-0.05, 0) is 69.7 Å². The average Bonchev–Trinajstić information content (AvgIpc) is 2.79. The molecular formula is C21H35N3OS. The molecule has 1 fully saturated rings. The summed E-state index contributed by atoms with van der Waals surface area (Å²) in [5, 5.41) is 4.10. The number of thiocarbonyl (C=S) groups is 1. The number of carbonyl (C=O) groups excluding carboxylic acids is 1. The van der Waals surface area contributed by atoms with Gasteiger partial charge < -0.3 is 15.1 Å². The summed E-state index contributed by atoms with van der Waals surface area (Å²) in [5.74, 6) is 0.122. The van der Waals surface area contributed by atoms with Gasteiger partial charge in [0.1, 0.15) is 0 Å². The van der Waals surface area contributed by atoms with Gasteiger partial charge in [-0.1, -0.05) is 25.5 Å². The Morgan fingerprint density at radius 3 is 2.46 bits per heavy atom. The summed E-state index contributed by atoms with van der Waals surface area (Å²) in [6.45, 7) is 14.2. The van der Waals surface area contributed by atoms with Crippen molar-refractivity contribution in [2.45, 2.75) is 66.3 Å². The van der Waals surface area contributed by atoms with E-state index in [-0.39, 0.29) is 11.3 Å². The number of hydrogen-bond donors (Lipinski definition) is 1. The number of nitrogens with one attached hydrogen (secondary N) is 1. The van der Waals surface area contributed by atoms with Crippen molar-refractivity contribution >= 4 is 23.2 Å². The first-order valence-corrected chi connectivity index (χ1v) is 10.3. The first-order valence-electron chi connectivity index (χ1n) is 9.93. The molecule has 2 aliphatic rings. The molecule has 0 bridgehead atoms. The molecule has 4 nitrogen and oxygen atoms in total. The Kier molecular flexibility index (Phi) is 7.27. The third kappa shape index (κ3) is 5.57. The molecule has 0 aromatic carbocycles. The summed E-state index contributed by atoms with van der Waals surface area (Å²) in [4.78, 5) is 16.9. The van der Waals surface area contributed by atoms with Crippen LogP contribution in [-0.2, 0) is 4.79 Å². The van der Waals surface area contributed by atoms with Gasteiger partial charge in [0.2, 0.25) is 5.91 Å². The van der Waals surface area contributed by atoms with Crippen LogP contribution in [0.1, 0.15) is 60.3 Å². The molecule has 0 aromatic heterocycles. The molecule has 1 N–H and O–H groups in total. The van der Waals surface area contributed by atoms with Crippen LogP contribution in [0, 0.1) is 5.41 Å². The summed E-state index contributed by atoms with van der Waals surface area (Å²) in [6, 6.07) is 0.335. The minimum atomic E-state index is 0.122. The molecule has 26 heavy (non-hydrogen) atoms. The summed E-state index contributed by atoms with van der Waals surface area (Å²) < 4.78 is 0. The molecular weight excluding hydrogens is 342 g/mol. The van der Waals surface area contributed by atoms with Gasteiger partial charge in [0.15, 0.2) is 5.11 Å². The van der Waals surface area contributed by atoms with Crippen molar-refractivity contribution < 1.29 is 4.79 Å². The summed E-state index contributed by atoms with van der Waals surface area (Å²) >= 11 is 5.48. The monoisotopic (exact) mass is 377 g/mol. The average molecular weight is 378 g/mol. The number of hydrogen-bond acceptors (Lipinski definition) is 2. The zero-order valence-corrected chi connectivity index (χ0v) is 17.9. The van der Waals surface area contributed by atoms with Crippen molar-refractivity contribution in [3.8, 4) is 0 Å². The van der Waals surface area contributed by atoms with Crippen LogP contribution in [0.3, 0.4) is 0 Å². The van der Waals surface area contributed by atoms with Crippen LogP contribution in [0.2, 0.25) is 0 Å². The first-order chi connectivity index (χ1) is 12.2. The molecule has 146 valence electrons. The topological polar surface area (TPSA) is 35.6 Å². The number of allylic oxidation sites excluding steroid dienone is 3. The molecule has 0 atom stereocenters. The fourth-order valence-electron chi connectivity index (χ4n) is 3.95. The van der Waals surface area contributed by atoms with Gasteiger partial charge in [-0.2, -0.15) is 0 Å². The Morgan fingerprint density at radius 1 is 1.15 bits per heavy atom. The van der Waals surface area contributed by atoms with E-state index in [9.17, 15) is 4.79 Å². The van der Waals surface area contributed by atoms with Gasteiger partial charge in [0, 0.05) is 38.3 Å². The van der Waals surface area contributed by atoms with E-state index in [1.807, 2.05) is 4.90 Å². The first kappa shape index (κ1) is 20.9. The van der Waals surface area contributed by atoms with Crippen molar-refractivity contribution in [1.29, 1.82) is 0 Å². The number of carbonyl (C=O) groups is 1. The predicted octanol–water partition coefficient (Wildman–Crippen LogP) is 3.89. The van der Waals surface area contributed by atoms with Crippen molar-refractivity contribution in [1.82, 2.24) is 15.1 Å². The van der Waals surface area contributed by atoms with Gasteiger partial charge in [0.05, 0.1) is 0 Å². The van der Waals surface area contributed by atoms with Crippen LogP contribution >= 0.6 is 12.2 Å². The van der Waals surface area contributed by atoms with E-state index in [2.05, 4.69) is 50.9 Å². The molecule has 1 heterocycles. The maximum absolute atomic E-state index is 12.7. The standard InChI is InChI=1S/C21H35N3OS/c1-16(2)22-20(26)24-13-7-12-23(14-15-24)19(25)10-9-18-17(3)8-6-11-21(18,4)5/h9-10,16H,6-8,11-15H2,1-5H3,(H,22,26)/b10-9+. The quantitative estimate of drug-likeness (QED) is 0.598. The molecule has 0 unspecified atom stereocenters. The van der Waals surface area contributed by atoms with E-state index < -0.39 is 0 Å². The van der Waals surface area contributed by atoms with Gasteiger partial charge in [-0.15, -0.1) is 0 Å².